The molecule has 0 unspecified atom stereocenters. The fourth-order valence-corrected chi connectivity index (χ4v) is 1.89. The van der Waals surface area contributed by atoms with E-state index in [9.17, 15) is 9.59 Å². The van der Waals surface area contributed by atoms with Crippen molar-refractivity contribution >= 4 is 29.3 Å². The van der Waals surface area contributed by atoms with Gasteiger partial charge in [0.25, 0.3) is 0 Å². The lowest BCUT2D eigenvalue weighted by atomic mass is 10.3. The summed E-state index contributed by atoms with van der Waals surface area (Å²) in [4.78, 5) is 22.1. The largest absolute Gasteiger partial charge is 0.482 e. The van der Waals surface area contributed by atoms with Crippen molar-refractivity contribution in [2.24, 2.45) is 0 Å². The van der Waals surface area contributed by atoms with Gasteiger partial charge in [-0.1, -0.05) is 20.8 Å². The van der Waals surface area contributed by atoms with E-state index < -0.39 is 5.97 Å². The lowest BCUT2D eigenvalue weighted by Gasteiger charge is -2.17. The molecule has 20 heavy (non-hydrogen) atoms. The first kappa shape index (κ1) is 16.4. The number of thioether (sulfide) groups is 1. The molecule has 0 bridgehead atoms. The van der Waals surface area contributed by atoms with Crippen molar-refractivity contribution in [3.05, 3.63) is 24.3 Å². The lowest BCUT2D eigenvalue weighted by Crippen LogP contribution is -2.18. The Labute approximate surface area is 122 Å². The van der Waals surface area contributed by atoms with E-state index in [1.807, 2.05) is 0 Å². The smallest absolute Gasteiger partial charge is 0.341 e. The van der Waals surface area contributed by atoms with Gasteiger partial charge in [-0.05, 0) is 24.3 Å². The maximum absolute atomic E-state index is 11.7. The molecule has 1 aromatic carbocycles. The molecule has 1 amide bonds. The third-order valence-corrected chi connectivity index (χ3v) is 3.41. The molecule has 0 aliphatic rings. The molecule has 0 aromatic heterocycles. The number of ether oxygens (including phenoxy) is 1. The topological polar surface area (TPSA) is 75.6 Å². The SMILES string of the molecule is CC(C)(C)SCC(=O)Nc1ccc(OCC(=O)O)cc1. The number of hydrogen-bond donors (Lipinski definition) is 2. The Morgan fingerprint density at radius 3 is 2.35 bits per heavy atom. The molecule has 1 rings (SSSR count). The van der Waals surface area contributed by atoms with Crippen LogP contribution in [0, 0.1) is 0 Å². The Morgan fingerprint density at radius 1 is 1.25 bits per heavy atom. The highest BCUT2D eigenvalue weighted by Gasteiger charge is 2.13. The molecule has 0 heterocycles. The van der Waals surface area contributed by atoms with E-state index in [0.29, 0.717) is 17.2 Å². The molecule has 6 heteroatoms. The van der Waals surface area contributed by atoms with Gasteiger partial charge in [-0.2, -0.15) is 0 Å². The first-order chi connectivity index (χ1) is 9.26. The molecule has 0 spiro atoms. The first-order valence-electron chi connectivity index (χ1n) is 6.15. The number of carboxylic acids is 1. The van der Waals surface area contributed by atoms with Gasteiger partial charge >= 0.3 is 5.97 Å². The fourth-order valence-electron chi connectivity index (χ4n) is 1.26. The number of aliphatic carboxylic acids is 1. The van der Waals surface area contributed by atoms with E-state index in [1.54, 1.807) is 36.0 Å². The first-order valence-corrected chi connectivity index (χ1v) is 7.13. The van der Waals surface area contributed by atoms with Gasteiger partial charge in [0.1, 0.15) is 5.75 Å². The molecule has 110 valence electrons. The van der Waals surface area contributed by atoms with Gasteiger partial charge in [-0.3, -0.25) is 4.79 Å². The lowest BCUT2D eigenvalue weighted by molar-refractivity contribution is -0.139. The van der Waals surface area contributed by atoms with Crippen LogP contribution in [0.4, 0.5) is 5.69 Å². The van der Waals surface area contributed by atoms with E-state index in [2.05, 4.69) is 26.1 Å². The molecule has 0 aliphatic carbocycles. The molecular weight excluding hydrogens is 278 g/mol. The van der Waals surface area contributed by atoms with E-state index in [4.69, 9.17) is 9.84 Å². The summed E-state index contributed by atoms with van der Waals surface area (Å²) in [6.45, 7) is 5.78. The van der Waals surface area contributed by atoms with Crippen LogP contribution >= 0.6 is 11.8 Å². The third kappa shape index (κ3) is 7.04. The number of carboxylic acid groups (broad SMARTS) is 1. The van der Waals surface area contributed by atoms with Crippen molar-refractivity contribution in [2.45, 2.75) is 25.5 Å². The van der Waals surface area contributed by atoms with Gasteiger partial charge in [0.2, 0.25) is 5.91 Å². The molecule has 0 aliphatic heterocycles. The molecular formula is C14H19NO4S. The Bertz CT molecular complexity index is 465. The minimum absolute atomic E-state index is 0.0475. The predicted octanol–water partition coefficient (Wildman–Crippen LogP) is 2.62. The van der Waals surface area contributed by atoms with Crippen molar-refractivity contribution < 1.29 is 19.4 Å². The van der Waals surface area contributed by atoms with Gasteiger partial charge in [0, 0.05) is 10.4 Å². The highest BCUT2D eigenvalue weighted by atomic mass is 32.2. The average molecular weight is 297 g/mol. The van der Waals surface area contributed by atoms with Gasteiger partial charge in [0.15, 0.2) is 6.61 Å². The number of carbonyl (C=O) groups is 2. The maximum Gasteiger partial charge on any atom is 0.341 e. The minimum atomic E-state index is -1.03. The Hall–Kier alpha value is -1.69. The van der Waals surface area contributed by atoms with Crippen molar-refractivity contribution in [1.29, 1.82) is 0 Å². The number of benzene rings is 1. The van der Waals surface area contributed by atoms with Gasteiger partial charge < -0.3 is 15.2 Å². The molecule has 2 N–H and O–H groups in total. The Morgan fingerprint density at radius 2 is 1.85 bits per heavy atom. The van der Waals surface area contributed by atoms with Crippen molar-refractivity contribution in [2.75, 3.05) is 17.7 Å². The van der Waals surface area contributed by atoms with E-state index in [-0.39, 0.29) is 17.3 Å². The van der Waals surface area contributed by atoms with Gasteiger partial charge in [0.05, 0.1) is 5.75 Å². The van der Waals surface area contributed by atoms with Crippen molar-refractivity contribution in [3.8, 4) is 5.75 Å². The monoisotopic (exact) mass is 297 g/mol. The zero-order valence-corrected chi connectivity index (χ0v) is 12.6. The molecule has 0 saturated heterocycles. The number of carbonyl (C=O) groups excluding carboxylic acids is 1. The van der Waals surface area contributed by atoms with E-state index in [0.717, 1.165) is 0 Å². The second-order valence-corrected chi connectivity index (χ2v) is 6.96. The second kappa shape index (κ2) is 7.19. The van der Waals surface area contributed by atoms with Crippen molar-refractivity contribution in [1.82, 2.24) is 0 Å². The molecule has 0 fully saturated rings. The van der Waals surface area contributed by atoms with Crippen LogP contribution in [0.1, 0.15) is 20.8 Å². The summed E-state index contributed by atoms with van der Waals surface area (Å²) in [5.74, 6) is -0.249. The quantitative estimate of drug-likeness (QED) is 0.844. The van der Waals surface area contributed by atoms with Crippen LogP contribution in [-0.2, 0) is 9.59 Å². The summed E-state index contributed by atoms with van der Waals surface area (Å²) in [6, 6.07) is 6.60. The summed E-state index contributed by atoms with van der Waals surface area (Å²) in [5, 5.41) is 11.3. The summed E-state index contributed by atoms with van der Waals surface area (Å²) < 4.78 is 5.05. The highest BCUT2D eigenvalue weighted by molar-refractivity contribution is 8.01. The van der Waals surface area contributed by atoms with Crippen LogP contribution < -0.4 is 10.1 Å². The summed E-state index contributed by atoms with van der Waals surface area (Å²) >= 11 is 1.57. The minimum Gasteiger partial charge on any atom is -0.482 e. The van der Waals surface area contributed by atoms with Gasteiger partial charge in [-0.25, -0.2) is 4.79 Å². The number of rotatable bonds is 6. The molecule has 0 saturated carbocycles. The zero-order chi connectivity index (χ0) is 15.2. The van der Waals surface area contributed by atoms with Crippen LogP contribution in [-0.4, -0.2) is 34.1 Å². The Balaban J connectivity index is 2.44. The number of hydrogen-bond acceptors (Lipinski definition) is 4. The van der Waals surface area contributed by atoms with Crippen LogP contribution in [0.15, 0.2) is 24.3 Å². The van der Waals surface area contributed by atoms with Crippen LogP contribution in [0.3, 0.4) is 0 Å². The normalized spacial score (nSPS) is 10.9. The van der Waals surface area contributed by atoms with Crippen LogP contribution in [0.25, 0.3) is 0 Å². The highest BCUT2D eigenvalue weighted by Crippen LogP contribution is 2.23. The number of nitrogens with one attached hydrogen (secondary N) is 1. The molecule has 5 nitrogen and oxygen atoms in total. The number of anilines is 1. The number of amides is 1. The fraction of sp³-hybridized carbons (Fsp3) is 0.429. The van der Waals surface area contributed by atoms with Gasteiger partial charge in [-0.15, -0.1) is 11.8 Å². The molecule has 0 radical (unpaired) electrons. The third-order valence-electron chi connectivity index (χ3n) is 2.14. The van der Waals surface area contributed by atoms with Crippen LogP contribution in [0.2, 0.25) is 0 Å². The molecule has 1 aromatic rings. The Kier molecular flexibility index (Phi) is 5.88. The van der Waals surface area contributed by atoms with Crippen LogP contribution in [0.5, 0.6) is 5.75 Å². The van der Waals surface area contributed by atoms with Crippen molar-refractivity contribution in [3.63, 3.8) is 0 Å². The predicted molar refractivity (Wildman–Crippen MR) is 80.4 cm³/mol. The summed E-state index contributed by atoms with van der Waals surface area (Å²) in [6.07, 6.45) is 0. The standard InChI is InChI=1S/C14H19NO4S/c1-14(2,3)20-9-12(16)15-10-4-6-11(7-5-10)19-8-13(17)18/h4-7H,8-9H2,1-3H3,(H,15,16)(H,17,18). The second-order valence-electron chi connectivity index (χ2n) is 5.16. The van der Waals surface area contributed by atoms with E-state index >= 15 is 0 Å². The maximum atomic E-state index is 11.7. The van der Waals surface area contributed by atoms with E-state index in [1.165, 1.54) is 0 Å². The summed E-state index contributed by atoms with van der Waals surface area (Å²) in [5.41, 5.74) is 0.659. The summed E-state index contributed by atoms with van der Waals surface area (Å²) in [7, 11) is 0. The molecule has 0 atom stereocenters. The zero-order valence-electron chi connectivity index (χ0n) is 11.8. The average Bonchev–Trinajstić information content (AvgIpc) is 2.35.